The molecule has 13 heavy (non-hydrogen) atoms. The van der Waals surface area contributed by atoms with Gasteiger partial charge in [0.05, 0.1) is 0 Å². The summed E-state index contributed by atoms with van der Waals surface area (Å²) >= 11 is 0. The fraction of sp³-hybridized carbons (Fsp3) is 0. The molecule has 5 nitrogen and oxygen atoms in total. The van der Waals surface area contributed by atoms with Crippen LogP contribution in [0.5, 0.6) is 0 Å². The van der Waals surface area contributed by atoms with Gasteiger partial charge in [0.25, 0.3) is 0 Å². The normalized spacial score (nSPS) is 12.6. The highest BCUT2D eigenvalue weighted by molar-refractivity contribution is 7.89. The lowest BCUT2D eigenvalue weighted by Crippen LogP contribution is -2.19. The number of sulfonamides is 1. The molecule has 0 aromatic heterocycles. The SMILES string of the molecule is NS(=O)(=O)c1ccccc1[P+](=O)O. The highest BCUT2D eigenvalue weighted by Crippen LogP contribution is 2.18. The van der Waals surface area contributed by atoms with Gasteiger partial charge in [0.1, 0.15) is 4.90 Å². The van der Waals surface area contributed by atoms with Gasteiger partial charge >= 0.3 is 8.03 Å². The van der Waals surface area contributed by atoms with Crippen LogP contribution >= 0.6 is 8.03 Å². The van der Waals surface area contributed by atoms with Gasteiger partial charge in [0.2, 0.25) is 15.3 Å². The number of rotatable bonds is 2. The fourth-order valence-electron chi connectivity index (χ4n) is 0.856. The van der Waals surface area contributed by atoms with E-state index in [1.165, 1.54) is 24.3 Å². The zero-order valence-electron chi connectivity index (χ0n) is 6.41. The van der Waals surface area contributed by atoms with Crippen LogP contribution in [0.4, 0.5) is 0 Å². The van der Waals surface area contributed by atoms with E-state index in [-0.39, 0.29) is 10.2 Å². The largest absolute Gasteiger partial charge is 0.547 e. The number of primary sulfonamides is 1. The van der Waals surface area contributed by atoms with Crippen molar-refractivity contribution in [2.24, 2.45) is 5.14 Å². The molecule has 0 saturated carbocycles. The van der Waals surface area contributed by atoms with Gasteiger partial charge in [0, 0.05) is 0 Å². The Hall–Kier alpha value is -0.810. The molecule has 70 valence electrons. The molecule has 1 atom stereocenters. The van der Waals surface area contributed by atoms with E-state index in [1.807, 2.05) is 0 Å². The molecule has 0 aliphatic rings. The second-order valence-electron chi connectivity index (χ2n) is 2.29. The molecule has 1 aromatic carbocycles. The van der Waals surface area contributed by atoms with E-state index in [0.29, 0.717) is 0 Å². The van der Waals surface area contributed by atoms with Gasteiger partial charge in [-0.25, -0.2) is 13.6 Å². The molecule has 1 rings (SSSR count). The van der Waals surface area contributed by atoms with Crippen LogP contribution in [0.15, 0.2) is 29.2 Å². The van der Waals surface area contributed by atoms with Gasteiger partial charge in [-0.3, -0.25) is 0 Å². The minimum atomic E-state index is -3.92. The molecule has 0 spiro atoms. The van der Waals surface area contributed by atoms with Crippen molar-refractivity contribution in [1.29, 1.82) is 0 Å². The van der Waals surface area contributed by atoms with Gasteiger partial charge in [0.15, 0.2) is 0 Å². The van der Waals surface area contributed by atoms with Gasteiger partial charge in [-0.2, -0.15) is 4.89 Å². The van der Waals surface area contributed by atoms with Crippen molar-refractivity contribution < 1.29 is 17.9 Å². The Balaban J connectivity index is 3.46. The summed E-state index contributed by atoms with van der Waals surface area (Å²) in [6.07, 6.45) is 0. The molecule has 0 saturated heterocycles. The van der Waals surface area contributed by atoms with Gasteiger partial charge in [-0.15, -0.1) is 0 Å². The molecular formula is C6H7NO4PS+. The molecule has 0 aliphatic carbocycles. The van der Waals surface area contributed by atoms with Crippen LogP contribution in [0.1, 0.15) is 0 Å². The average Bonchev–Trinajstić information content (AvgIpc) is 2.03. The van der Waals surface area contributed by atoms with Gasteiger partial charge < -0.3 is 0 Å². The summed E-state index contributed by atoms with van der Waals surface area (Å²) in [5.74, 6) is 0. The lowest BCUT2D eigenvalue weighted by Gasteiger charge is -1.95. The van der Waals surface area contributed by atoms with Crippen LogP contribution in [0.25, 0.3) is 0 Å². The lowest BCUT2D eigenvalue weighted by atomic mass is 10.4. The van der Waals surface area contributed by atoms with Crippen LogP contribution in [0.3, 0.4) is 0 Å². The summed E-state index contributed by atoms with van der Waals surface area (Å²) in [7, 11) is -6.61. The molecule has 0 bridgehead atoms. The van der Waals surface area contributed by atoms with Gasteiger partial charge in [-0.05, 0) is 16.7 Å². The number of nitrogens with two attached hydrogens (primary N) is 1. The lowest BCUT2D eigenvalue weighted by molar-refractivity contribution is 0.512. The summed E-state index contributed by atoms with van der Waals surface area (Å²) in [5.41, 5.74) is 0. The van der Waals surface area contributed by atoms with Crippen LogP contribution in [-0.4, -0.2) is 13.3 Å². The summed E-state index contributed by atoms with van der Waals surface area (Å²) in [5, 5.41) is 4.66. The Kier molecular flexibility index (Phi) is 2.77. The minimum Gasteiger partial charge on any atom is -0.224 e. The third-order valence-corrected chi connectivity index (χ3v) is 3.30. The molecule has 0 heterocycles. The smallest absolute Gasteiger partial charge is 0.224 e. The van der Waals surface area contributed by atoms with E-state index >= 15 is 0 Å². The zero-order chi connectivity index (χ0) is 10.1. The molecule has 0 radical (unpaired) electrons. The second-order valence-corrected chi connectivity index (χ2v) is 4.84. The third-order valence-electron chi connectivity index (χ3n) is 1.38. The molecule has 0 fully saturated rings. The molecule has 1 aromatic rings. The van der Waals surface area contributed by atoms with Crippen molar-refractivity contribution >= 4 is 23.4 Å². The van der Waals surface area contributed by atoms with Crippen LogP contribution in [0, 0.1) is 0 Å². The van der Waals surface area contributed by atoms with Crippen LogP contribution in [-0.2, 0) is 14.6 Å². The fourth-order valence-corrected chi connectivity index (χ4v) is 2.58. The highest BCUT2D eigenvalue weighted by atomic mass is 32.2. The number of hydrogen-bond acceptors (Lipinski definition) is 3. The van der Waals surface area contributed by atoms with Crippen molar-refractivity contribution in [2.75, 3.05) is 0 Å². The molecule has 1 unspecified atom stereocenters. The first-order valence-corrected chi connectivity index (χ1v) is 5.97. The van der Waals surface area contributed by atoms with E-state index in [4.69, 9.17) is 10.0 Å². The standard InChI is InChI=1S/C6H6NO4PS/c7-13(10,11)6-4-2-1-3-5(6)12(8)9/h1-4H,(H2-,7,8,9,10,11)/p+1. The molecule has 7 heteroatoms. The summed E-state index contributed by atoms with van der Waals surface area (Å²) in [4.78, 5) is 8.45. The van der Waals surface area contributed by atoms with E-state index < -0.39 is 18.1 Å². The first-order chi connectivity index (χ1) is 5.93. The highest BCUT2D eigenvalue weighted by Gasteiger charge is 2.26. The van der Waals surface area contributed by atoms with Gasteiger partial charge in [-0.1, -0.05) is 12.1 Å². The predicted octanol–water partition coefficient (Wildman–Crippen LogP) is -0.306. The van der Waals surface area contributed by atoms with Crippen molar-refractivity contribution in [3.8, 4) is 0 Å². The number of hydrogen-bond donors (Lipinski definition) is 2. The summed E-state index contributed by atoms with van der Waals surface area (Å²) in [6.45, 7) is 0. The number of benzene rings is 1. The monoisotopic (exact) mass is 220 g/mol. The van der Waals surface area contributed by atoms with E-state index in [9.17, 15) is 13.0 Å². The summed E-state index contributed by atoms with van der Waals surface area (Å²) in [6, 6.07) is 5.34. The first-order valence-electron chi connectivity index (χ1n) is 3.21. The van der Waals surface area contributed by atoms with E-state index in [2.05, 4.69) is 0 Å². The Bertz CT molecular complexity index is 442. The summed E-state index contributed by atoms with van der Waals surface area (Å²) < 4.78 is 32.5. The maximum atomic E-state index is 10.9. The van der Waals surface area contributed by atoms with Crippen LogP contribution in [0.2, 0.25) is 0 Å². The quantitative estimate of drug-likeness (QED) is 0.668. The molecule has 3 N–H and O–H groups in total. The van der Waals surface area contributed by atoms with E-state index in [1.54, 1.807) is 0 Å². The third kappa shape index (κ3) is 2.32. The average molecular weight is 220 g/mol. The molecular weight excluding hydrogens is 213 g/mol. The molecule has 0 aliphatic heterocycles. The van der Waals surface area contributed by atoms with Crippen molar-refractivity contribution in [2.45, 2.75) is 4.90 Å². The minimum absolute atomic E-state index is 0.167. The van der Waals surface area contributed by atoms with Crippen molar-refractivity contribution in [1.82, 2.24) is 0 Å². The Morgan fingerprint density at radius 3 is 2.23 bits per heavy atom. The Morgan fingerprint density at radius 2 is 1.85 bits per heavy atom. The van der Waals surface area contributed by atoms with Crippen molar-refractivity contribution in [3.63, 3.8) is 0 Å². The zero-order valence-corrected chi connectivity index (χ0v) is 8.13. The maximum absolute atomic E-state index is 10.9. The van der Waals surface area contributed by atoms with E-state index in [0.717, 1.165) is 0 Å². The molecule has 0 amide bonds. The van der Waals surface area contributed by atoms with Crippen molar-refractivity contribution in [3.05, 3.63) is 24.3 Å². The second kappa shape index (κ2) is 3.51. The van der Waals surface area contributed by atoms with Crippen LogP contribution < -0.4 is 10.4 Å². The topological polar surface area (TPSA) is 97.5 Å². The first kappa shape index (κ1) is 10.3. The Labute approximate surface area is 76.1 Å². The Morgan fingerprint density at radius 1 is 1.31 bits per heavy atom. The predicted molar refractivity (Wildman–Crippen MR) is 47.3 cm³/mol. The maximum Gasteiger partial charge on any atom is 0.547 e.